The standard InChI is InChI=1S/C18H24ClNO/c1-12-5-8-15(19)17(9-12)21-16-10-14(18(2,3)4)7-6-13(16)11-20/h5,8-9,13-14,16H,6-7,10H2,1-4H3. The maximum atomic E-state index is 9.39. The molecule has 0 amide bonds. The average molecular weight is 306 g/mol. The first-order chi connectivity index (χ1) is 9.81. The van der Waals surface area contributed by atoms with E-state index in [2.05, 4.69) is 26.8 Å². The summed E-state index contributed by atoms with van der Waals surface area (Å²) in [7, 11) is 0. The third-order valence-corrected chi connectivity index (χ3v) is 4.86. The molecule has 0 aliphatic heterocycles. The van der Waals surface area contributed by atoms with E-state index in [9.17, 15) is 5.26 Å². The molecule has 1 aromatic rings. The van der Waals surface area contributed by atoms with Gasteiger partial charge in [0.25, 0.3) is 0 Å². The predicted octanol–water partition coefficient (Wildman–Crippen LogP) is 5.38. The monoisotopic (exact) mass is 305 g/mol. The number of halogens is 1. The first-order valence-corrected chi connectivity index (χ1v) is 8.01. The zero-order valence-electron chi connectivity index (χ0n) is 13.3. The van der Waals surface area contributed by atoms with Gasteiger partial charge in [-0.1, -0.05) is 38.4 Å². The van der Waals surface area contributed by atoms with Crippen LogP contribution < -0.4 is 4.74 Å². The molecule has 0 saturated heterocycles. The predicted molar refractivity (Wildman–Crippen MR) is 86.5 cm³/mol. The van der Waals surface area contributed by atoms with Crippen molar-refractivity contribution in [2.24, 2.45) is 17.3 Å². The second-order valence-corrected chi connectivity index (χ2v) is 7.61. The van der Waals surface area contributed by atoms with Crippen LogP contribution >= 0.6 is 11.6 Å². The number of hydrogen-bond donors (Lipinski definition) is 0. The van der Waals surface area contributed by atoms with Crippen LogP contribution in [0.25, 0.3) is 0 Å². The second-order valence-electron chi connectivity index (χ2n) is 7.20. The van der Waals surface area contributed by atoms with Crippen LogP contribution in [0.2, 0.25) is 5.02 Å². The fourth-order valence-corrected chi connectivity index (χ4v) is 3.22. The van der Waals surface area contributed by atoms with Crippen molar-refractivity contribution in [2.45, 2.75) is 53.1 Å². The molecule has 0 bridgehead atoms. The third-order valence-electron chi connectivity index (χ3n) is 4.55. The van der Waals surface area contributed by atoms with Crippen LogP contribution in [0.1, 0.15) is 45.6 Å². The van der Waals surface area contributed by atoms with Gasteiger partial charge in [-0.2, -0.15) is 5.26 Å². The molecule has 114 valence electrons. The van der Waals surface area contributed by atoms with E-state index >= 15 is 0 Å². The van der Waals surface area contributed by atoms with E-state index in [1.54, 1.807) is 0 Å². The van der Waals surface area contributed by atoms with E-state index in [0.29, 0.717) is 16.7 Å². The minimum Gasteiger partial charge on any atom is -0.487 e. The lowest BCUT2D eigenvalue weighted by Gasteiger charge is -2.39. The molecular weight excluding hydrogens is 282 g/mol. The normalized spacial score (nSPS) is 26.2. The minimum absolute atomic E-state index is 0.0415. The maximum absolute atomic E-state index is 9.39. The Morgan fingerprint density at radius 1 is 1.29 bits per heavy atom. The Bertz CT molecular complexity index is 541. The molecule has 2 rings (SSSR count). The maximum Gasteiger partial charge on any atom is 0.138 e. The van der Waals surface area contributed by atoms with Gasteiger partial charge in [0.1, 0.15) is 11.9 Å². The summed E-state index contributed by atoms with van der Waals surface area (Å²) in [5.74, 6) is 1.24. The Hall–Kier alpha value is -1.20. The van der Waals surface area contributed by atoms with Gasteiger partial charge in [0.15, 0.2) is 0 Å². The van der Waals surface area contributed by atoms with Crippen molar-refractivity contribution in [3.05, 3.63) is 28.8 Å². The van der Waals surface area contributed by atoms with Gasteiger partial charge in [-0.25, -0.2) is 0 Å². The van der Waals surface area contributed by atoms with Gasteiger partial charge in [0.05, 0.1) is 17.0 Å². The molecule has 1 fully saturated rings. The number of aryl methyl sites for hydroxylation is 1. The Morgan fingerprint density at radius 3 is 2.62 bits per heavy atom. The summed E-state index contributed by atoms with van der Waals surface area (Å²) in [5.41, 5.74) is 1.37. The van der Waals surface area contributed by atoms with Gasteiger partial charge in [0.2, 0.25) is 0 Å². The van der Waals surface area contributed by atoms with Crippen LogP contribution in [0.15, 0.2) is 18.2 Å². The highest BCUT2D eigenvalue weighted by atomic mass is 35.5. The van der Waals surface area contributed by atoms with Crippen molar-refractivity contribution in [3.8, 4) is 11.8 Å². The van der Waals surface area contributed by atoms with E-state index < -0.39 is 0 Å². The molecule has 0 heterocycles. The lowest BCUT2D eigenvalue weighted by atomic mass is 9.69. The van der Waals surface area contributed by atoms with Crippen LogP contribution in [0.5, 0.6) is 5.75 Å². The minimum atomic E-state index is -0.0627. The highest BCUT2D eigenvalue weighted by Gasteiger charge is 2.37. The zero-order valence-corrected chi connectivity index (χ0v) is 14.1. The summed E-state index contributed by atoms with van der Waals surface area (Å²) < 4.78 is 6.14. The SMILES string of the molecule is Cc1ccc(Cl)c(OC2CC(C(C)(C)C)CCC2C#N)c1. The number of nitriles is 1. The summed E-state index contributed by atoms with van der Waals surface area (Å²) >= 11 is 6.22. The number of nitrogens with zero attached hydrogens (tertiary/aromatic N) is 1. The van der Waals surface area contributed by atoms with Crippen LogP contribution in [-0.2, 0) is 0 Å². The fraction of sp³-hybridized carbons (Fsp3) is 0.611. The summed E-state index contributed by atoms with van der Waals surface area (Å²) in [5, 5.41) is 10.0. The fourth-order valence-electron chi connectivity index (χ4n) is 3.06. The molecule has 1 aliphatic rings. The number of rotatable bonds is 2. The van der Waals surface area contributed by atoms with Crippen molar-refractivity contribution >= 4 is 11.6 Å². The second kappa shape index (κ2) is 6.28. The average Bonchev–Trinajstić information content (AvgIpc) is 2.42. The van der Waals surface area contributed by atoms with Crippen molar-refractivity contribution < 1.29 is 4.74 Å². The van der Waals surface area contributed by atoms with Gasteiger partial charge in [-0.3, -0.25) is 0 Å². The molecule has 1 aromatic carbocycles. The molecule has 2 nitrogen and oxygen atoms in total. The quantitative estimate of drug-likeness (QED) is 0.734. The topological polar surface area (TPSA) is 33.0 Å². The van der Waals surface area contributed by atoms with Crippen LogP contribution in [0.4, 0.5) is 0 Å². The van der Waals surface area contributed by atoms with Gasteiger partial charge in [-0.15, -0.1) is 0 Å². The van der Waals surface area contributed by atoms with Gasteiger partial charge < -0.3 is 4.74 Å². The Balaban J connectivity index is 2.18. The van der Waals surface area contributed by atoms with Gasteiger partial charge in [0, 0.05) is 0 Å². The Labute approximate surface area is 133 Å². The molecule has 3 heteroatoms. The van der Waals surface area contributed by atoms with Crippen molar-refractivity contribution in [1.29, 1.82) is 5.26 Å². The molecule has 21 heavy (non-hydrogen) atoms. The van der Waals surface area contributed by atoms with Crippen LogP contribution in [0, 0.1) is 35.5 Å². The molecule has 0 radical (unpaired) electrons. The van der Waals surface area contributed by atoms with E-state index in [-0.39, 0.29) is 17.4 Å². The largest absolute Gasteiger partial charge is 0.487 e. The van der Waals surface area contributed by atoms with E-state index in [1.807, 2.05) is 25.1 Å². The highest BCUT2D eigenvalue weighted by Crippen LogP contribution is 2.41. The van der Waals surface area contributed by atoms with Crippen LogP contribution in [-0.4, -0.2) is 6.10 Å². The van der Waals surface area contributed by atoms with E-state index in [1.165, 1.54) is 0 Å². The summed E-state index contributed by atoms with van der Waals surface area (Å²) in [6.45, 7) is 8.81. The van der Waals surface area contributed by atoms with E-state index in [4.69, 9.17) is 16.3 Å². The first-order valence-electron chi connectivity index (χ1n) is 7.63. The molecule has 0 spiro atoms. The Kier molecular flexibility index (Phi) is 4.84. The molecule has 1 aliphatic carbocycles. The van der Waals surface area contributed by atoms with E-state index in [0.717, 1.165) is 24.8 Å². The smallest absolute Gasteiger partial charge is 0.138 e. The van der Waals surface area contributed by atoms with Gasteiger partial charge >= 0.3 is 0 Å². The molecule has 3 unspecified atom stereocenters. The summed E-state index contributed by atoms with van der Waals surface area (Å²) in [6.07, 6.45) is 2.87. The lowest BCUT2D eigenvalue weighted by Crippen LogP contribution is -2.38. The molecule has 0 N–H and O–H groups in total. The Morgan fingerprint density at radius 2 is 2.00 bits per heavy atom. The lowest BCUT2D eigenvalue weighted by molar-refractivity contribution is 0.0494. The van der Waals surface area contributed by atoms with Gasteiger partial charge in [-0.05, 0) is 55.2 Å². The van der Waals surface area contributed by atoms with Crippen molar-refractivity contribution in [1.82, 2.24) is 0 Å². The molecule has 3 atom stereocenters. The molecule has 1 saturated carbocycles. The molecular formula is C18H24ClNO. The zero-order chi connectivity index (χ0) is 15.6. The van der Waals surface area contributed by atoms with Crippen molar-refractivity contribution in [2.75, 3.05) is 0 Å². The number of benzene rings is 1. The van der Waals surface area contributed by atoms with Crippen LogP contribution in [0.3, 0.4) is 0 Å². The highest BCUT2D eigenvalue weighted by molar-refractivity contribution is 6.32. The van der Waals surface area contributed by atoms with Crippen molar-refractivity contribution in [3.63, 3.8) is 0 Å². The first kappa shape index (κ1) is 16.2. The number of ether oxygens (including phenoxy) is 1. The molecule has 0 aromatic heterocycles. The number of hydrogen-bond acceptors (Lipinski definition) is 2. The summed E-state index contributed by atoms with van der Waals surface area (Å²) in [6, 6.07) is 8.19. The summed E-state index contributed by atoms with van der Waals surface area (Å²) in [4.78, 5) is 0. The third kappa shape index (κ3) is 3.92.